The molecule has 14 nitrogen and oxygen atoms in total. The fourth-order valence-electron chi connectivity index (χ4n) is 6.55. The minimum Gasteiger partial charge on any atom is -0.479 e. The minimum absolute atomic E-state index is 0.0429. The third-order valence-corrected chi connectivity index (χ3v) is 10.3. The van der Waals surface area contributed by atoms with Crippen LogP contribution in [0.5, 0.6) is 0 Å². The van der Waals surface area contributed by atoms with Crippen LogP contribution in [-0.2, 0) is 38.2 Å². The normalized spacial score (nSPS) is 22.2. The first-order valence-corrected chi connectivity index (χ1v) is 20.2. The van der Waals surface area contributed by atoms with E-state index in [4.69, 9.17) is 29.9 Å². The van der Waals surface area contributed by atoms with Crippen LogP contribution < -0.4 is 0 Å². The highest BCUT2D eigenvalue weighted by molar-refractivity contribution is 6.02. The molecule has 0 aromatic rings. The summed E-state index contributed by atoms with van der Waals surface area (Å²) in [6.07, 6.45) is 18.5. The van der Waals surface area contributed by atoms with Crippen molar-refractivity contribution in [1.82, 2.24) is 0 Å². The number of aldehydes is 1. The summed E-state index contributed by atoms with van der Waals surface area (Å²) in [5, 5.41) is 52.6. The molecule has 0 aliphatic heterocycles. The Bertz CT molecular complexity index is 2060. The summed E-state index contributed by atoms with van der Waals surface area (Å²) in [5.74, 6) is -5.14. The minimum atomic E-state index is -2.35. The number of carboxylic acid groups (broad SMARTS) is 2. The molecule has 2 aliphatic rings. The molecule has 0 amide bonds. The Hall–Kier alpha value is -5.64. The first kappa shape index (κ1) is 55.4. The van der Waals surface area contributed by atoms with Crippen LogP contribution in [0.25, 0.3) is 0 Å². The van der Waals surface area contributed by atoms with Crippen molar-refractivity contribution in [2.24, 2.45) is 10.8 Å². The van der Waals surface area contributed by atoms with Gasteiger partial charge in [0.15, 0.2) is 42.3 Å². The van der Waals surface area contributed by atoms with E-state index in [9.17, 15) is 39.0 Å². The summed E-state index contributed by atoms with van der Waals surface area (Å²) < 4.78 is 10.5. The van der Waals surface area contributed by atoms with Gasteiger partial charge in [-0.25, -0.2) is 14.4 Å². The predicted octanol–water partition coefficient (Wildman–Crippen LogP) is 5.91. The number of Topliss-reactive ketones (excluding diaryl/α,β-unsaturated/α-hetero) is 2. The average molecular weight is 877 g/mol. The van der Waals surface area contributed by atoms with Crippen LogP contribution in [0, 0.1) is 10.8 Å². The number of carbonyl (C=O) groups is 6. The molecule has 0 fully saturated rings. The number of aliphatic hydroxyl groups excluding tert-OH is 4. The Balaban J connectivity index is 0.00000197. The summed E-state index contributed by atoms with van der Waals surface area (Å²) >= 11 is 0. The lowest BCUT2D eigenvalue weighted by molar-refractivity contribution is -0.175. The number of ether oxygens (including phenoxy) is 2. The Morgan fingerprint density at radius 3 is 1.33 bits per heavy atom. The standard InChI is InChI=1S/C45H58O9.C4H6O5/c1-28(18-14-20-30(3)22-24-34-32(5)38(46)36(53-11)26-44(34,7)8)16-12-13-17-29(2)19-15-21-31(4)23-25-35-33(6)39(47)37(27-45(35,9)10)54-43(52)41(49)40(48)42(50)51;5-1-2(6)3(7)4(8)9/h12-25,36-37,40-41,48-49H,26-27H2,1-11H3,(H,50,51);1-3,6-7H,(H,8,9)/b13-12+,18-14+,19-15+,24-22+,25-23+,28-16+,29-17+,30-20+,31-21+;. The lowest BCUT2D eigenvalue weighted by Gasteiger charge is -2.36. The van der Waals surface area contributed by atoms with Gasteiger partial charge in [-0.1, -0.05) is 135 Å². The Morgan fingerprint density at radius 2 is 0.968 bits per heavy atom. The van der Waals surface area contributed by atoms with Gasteiger partial charge in [0.2, 0.25) is 0 Å². The summed E-state index contributed by atoms with van der Waals surface area (Å²) in [7, 11) is 1.59. The SMILES string of the molecule is COC1CC(C)(C)C(/C=C/C(C)=C/C=C/C(C)=C/C=C/C=C(C)/C=C/C=C(C)/C=C/C2=C(C)C(=O)C(OC(=O)C(O)C(O)C(=O)O)CC2(C)C)=C(C)C1=O.O=CC(O)C(O)C(=O)O. The molecule has 0 saturated heterocycles. The van der Waals surface area contributed by atoms with E-state index in [-0.39, 0.29) is 30.0 Å². The maximum Gasteiger partial charge on any atom is 0.339 e. The van der Waals surface area contributed by atoms with E-state index in [2.05, 4.69) is 19.9 Å². The molecule has 0 aromatic heterocycles. The maximum absolute atomic E-state index is 13.0. The molecule has 63 heavy (non-hydrogen) atoms. The molecule has 6 N–H and O–H groups in total. The fraction of sp³-hybridized carbons (Fsp3) is 0.429. The van der Waals surface area contributed by atoms with Gasteiger partial charge in [-0.2, -0.15) is 0 Å². The van der Waals surface area contributed by atoms with Crippen LogP contribution in [0.2, 0.25) is 0 Å². The van der Waals surface area contributed by atoms with Gasteiger partial charge in [-0.15, -0.1) is 0 Å². The third-order valence-electron chi connectivity index (χ3n) is 10.3. The lowest BCUT2D eigenvalue weighted by atomic mass is 9.71. The fourth-order valence-corrected chi connectivity index (χ4v) is 6.55. The van der Waals surface area contributed by atoms with Crippen LogP contribution in [0.15, 0.2) is 130 Å². The zero-order valence-electron chi connectivity index (χ0n) is 38.0. The van der Waals surface area contributed by atoms with E-state index < -0.39 is 59.6 Å². The number of carbonyl (C=O) groups excluding carboxylic acids is 4. The number of allylic oxidation sites excluding steroid dienone is 20. The van der Waals surface area contributed by atoms with Crippen molar-refractivity contribution in [3.63, 3.8) is 0 Å². The van der Waals surface area contributed by atoms with Crippen LogP contribution in [0.3, 0.4) is 0 Å². The lowest BCUT2D eigenvalue weighted by Crippen LogP contribution is -2.45. The molecular weight excluding hydrogens is 813 g/mol. The molecule has 0 spiro atoms. The maximum atomic E-state index is 13.0. The molecule has 344 valence electrons. The van der Waals surface area contributed by atoms with E-state index in [0.29, 0.717) is 12.0 Å². The first-order valence-electron chi connectivity index (χ1n) is 20.2. The van der Waals surface area contributed by atoms with Crippen molar-refractivity contribution < 1.29 is 68.9 Å². The second kappa shape index (κ2) is 25.5. The van der Waals surface area contributed by atoms with Gasteiger partial charge in [-0.3, -0.25) is 9.59 Å². The quantitative estimate of drug-likeness (QED) is 0.0533. The summed E-state index contributed by atoms with van der Waals surface area (Å²) in [4.78, 5) is 68.0. The first-order chi connectivity index (χ1) is 29.2. The number of hydrogen-bond donors (Lipinski definition) is 6. The third kappa shape index (κ3) is 17.6. The van der Waals surface area contributed by atoms with Crippen LogP contribution in [0.4, 0.5) is 0 Å². The van der Waals surface area contributed by atoms with Gasteiger partial charge in [-0.05, 0) is 81.1 Å². The number of aliphatic hydroxyl groups is 4. The highest BCUT2D eigenvalue weighted by Gasteiger charge is 2.42. The number of methoxy groups -OCH3 is 1. The van der Waals surface area contributed by atoms with Gasteiger partial charge >= 0.3 is 17.9 Å². The molecule has 14 heteroatoms. The summed E-state index contributed by atoms with van der Waals surface area (Å²) in [6, 6.07) is 0. The summed E-state index contributed by atoms with van der Waals surface area (Å²) in [5.41, 5.74) is 6.43. The molecular formula is C49H64O14. The molecule has 2 rings (SSSR count). The molecule has 0 aromatic carbocycles. The number of esters is 1. The van der Waals surface area contributed by atoms with Crippen molar-refractivity contribution in [1.29, 1.82) is 0 Å². The molecule has 6 atom stereocenters. The van der Waals surface area contributed by atoms with E-state index in [1.54, 1.807) is 14.0 Å². The molecule has 6 unspecified atom stereocenters. The zero-order chi connectivity index (χ0) is 48.4. The molecule has 0 bridgehead atoms. The number of carboxylic acids is 2. The molecule has 0 radical (unpaired) electrons. The largest absolute Gasteiger partial charge is 0.479 e. The van der Waals surface area contributed by atoms with Crippen molar-refractivity contribution in [2.75, 3.05) is 7.11 Å². The van der Waals surface area contributed by atoms with Gasteiger partial charge in [0.05, 0.1) is 0 Å². The Kier molecular flexibility index (Phi) is 22.4. The second-order valence-corrected chi connectivity index (χ2v) is 16.7. The van der Waals surface area contributed by atoms with Gasteiger partial charge in [0.25, 0.3) is 0 Å². The van der Waals surface area contributed by atoms with E-state index >= 15 is 0 Å². The number of hydrogen-bond acceptors (Lipinski definition) is 12. The average Bonchev–Trinajstić information content (AvgIpc) is 3.21. The smallest absolute Gasteiger partial charge is 0.339 e. The number of ketones is 2. The van der Waals surface area contributed by atoms with Crippen molar-refractivity contribution in [2.45, 2.75) is 119 Å². The number of aliphatic carboxylic acids is 2. The van der Waals surface area contributed by atoms with Crippen molar-refractivity contribution in [3.05, 3.63) is 130 Å². The second-order valence-electron chi connectivity index (χ2n) is 16.7. The Labute approximate surface area is 370 Å². The zero-order valence-corrected chi connectivity index (χ0v) is 38.0. The Morgan fingerprint density at radius 1 is 0.603 bits per heavy atom. The summed E-state index contributed by atoms with van der Waals surface area (Å²) in [6.45, 7) is 19.6. The predicted molar refractivity (Wildman–Crippen MR) is 239 cm³/mol. The van der Waals surface area contributed by atoms with Gasteiger partial charge in [0, 0.05) is 13.5 Å². The van der Waals surface area contributed by atoms with Crippen LogP contribution in [0.1, 0.15) is 82.1 Å². The van der Waals surface area contributed by atoms with Gasteiger partial charge in [0.1, 0.15) is 12.2 Å². The monoisotopic (exact) mass is 876 g/mol. The number of rotatable bonds is 18. The topological polar surface area (TPSA) is 242 Å². The van der Waals surface area contributed by atoms with Crippen LogP contribution >= 0.6 is 0 Å². The molecule has 0 heterocycles. The van der Waals surface area contributed by atoms with Crippen LogP contribution in [-0.4, -0.2) is 110 Å². The molecule has 2 aliphatic carbocycles. The van der Waals surface area contributed by atoms with E-state index in [1.807, 2.05) is 127 Å². The highest BCUT2D eigenvalue weighted by Crippen LogP contribution is 2.42. The van der Waals surface area contributed by atoms with Crippen molar-refractivity contribution in [3.8, 4) is 0 Å². The van der Waals surface area contributed by atoms with Crippen molar-refractivity contribution >= 4 is 35.8 Å². The highest BCUT2D eigenvalue weighted by atomic mass is 16.6. The molecule has 0 saturated carbocycles. The van der Waals surface area contributed by atoms with E-state index in [0.717, 1.165) is 39.0 Å². The van der Waals surface area contributed by atoms with Gasteiger partial charge < -0.3 is 44.9 Å². The van der Waals surface area contributed by atoms with E-state index in [1.165, 1.54) is 0 Å².